The lowest BCUT2D eigenvalue weighted by molar-refractivity contribution is -0.141. The third-order valence-corrected chi connectivity index (χ3v) is 4.19. The van der Waals surface area contributed by atoms with E-state index in [1.807, 2.05) is 19.1 Å². The van der Waals surface area contributed by atoms with Crippen molar-refractivity contribution in [2.75, 3.05) is 5.32 Å². The smallest absolute Gasteiger partial charge is 0.306 e. The van der Waals surface area contributed by atoms with Crippen LogP contribution >= 0.6 is 0 Å². The Morgan fingerprint density at radius 3 is 2.45 bits per heavy atom. The first-order valence-electron chi connectivity index (χ1n) is 7.80. The molecule has 0 spiro atoms. The molecule has 1 aliphatic carbocycles. The van der Waals surface area contributed by atoms with Crippen LogP contribution in [-0.2, 0) is 9.59 Å². The number of aliphatic carboxylic acids is 1. The molecule has 0 aromatic heterocycles. The number of ether oxygens (including phenoxy) is 1. The molecule has 0 aliphatic heterocycles. The van der Waals surface area contributed by atoms with Crippen LogP contribution in [0.25, 0.3) is 0 Å². The summed E-state index contributed by atoms with van der Waals surface area (Å²) in [5.74, 6) is -0.723. The third kappa shape index (κ3) is 4.23. The predicted octanol–water partition coefficient (Wildman–Crippen LogP) is 3.30. The number of carboxylic acids is 1. The highest BCUT2D eigenvalue weighted by Crippen LogP contribution is 2.32. The van der Waals surface area contributed by atoms with E-state index in [9.17, 15) is 9.59 Å². The van der Waals surface area contributed by atoms with Gasteiger partial charge in [0.25, 0.3) is 0 Å². The van der Waals surface area contributed by atoms with Crippen molar-refractivity contribution < 1.29 is 19.4 Å². The third-order valence-electron chi connectivity index (χ3n) is 4.19. The minimum atomic E-state index is -0.804. The molecule has 1 amide bonds. The number of hydrogen-bond acceptors (Lipinski definition) is 3. The fourth-order valence-electron chi connectivity index (χ4n) is 2.62. The summed E-state index contributed by atoms with van der Waals surface area (Å²) in [7, 11) is 0. The molecule has 5 heteroatoms. The molecule has 1 aliphatic rings. The molecule has 0 radical (unpaired) electrons. The topological polar surface area (TPSA) is 75.6 Å². The predicted molar refractivity (Wildman–Crippen MR) is 83.9 cm³/mol. The zero-order valence-corrected chi connectivity index (χ0v) is 13.0. The summed E-state index contributed by atoms with van der Waals surface area (Å²) in [5.41, 5.74) is 0.709. The molecule has 1 unspecified atom stereocenters. The molecule has 5 nitrogen and oxygen atoms in total. The number of rotatable bonds is 6. The lowest BCUT2D eigenvalue weighted by Gasteiger charge is -2.14. The van der Waals surface area contributed by atoms with Crippen LogP contribution in [-0.4, -0.2) is 23.1 Å². The highest BCUT2D eigenvalue weighted by molar-refractivity contribution is 5.93. The summed E-state index contributed by atoms with van der Waals surface area (Å²) in [5, 5.41) is 11.8. The molecule has 0 bridgehead atoms. The number of carboxylic acid groups (broad SMARTS) is 1. The van der Waals surface area contributed by atoms with Crippen molar-refractivity contribution in [3.05, 3.63) is 24.3 Å². The van der Waals surface area contributed by atoms with Crippen molar-refractivity contribution >= 4 is 17.6 Å². The van der Waals surface area contributed by atoms with Gasteiger partial charge in [0.15, 0.2) is 0 Å². The maximum Gasteiger partial charge on any atom is 0.306 e. The fraction of sp³-hybridized carbons (Fsp3) is 0.529. The van der Waals surface area contributed by atoms with Crippen LogP contribution < -0.4 is 10.1 Å². The van der Waals surface area contributed by atoms with Crippen LogP contribution in [0.15, 0.2) is 24.3 Å². The Morgan fingerprint density at radius 2 is 1.91 bits per heavy atom. The van der Waals surface area contributed by atoms with Crippen molar-refractivity contribution in [1.29, 1.82) is 0 Å². The monoisotopic (exact) mass is 305 g/mol. The second-order valence-corrected chi connectivity index (χ2v) is 5.90. The normalized spacial score (nSPS) is 22.1. The van der Waals surface area contributed by atoms with Crippen LogP contribution in [0.5, 0.6) is 5.75 Å². The maximum atomic E-state index is 12.2. The second kappa shape index (κ2) is 7.29. The van der Waals surface area contributed by atoms with Gasteiger partial charge >= 0.3 is 5.97 Å². The number of carbonyl (C=O) groups excluding carboxylic acids is 1. The van der Waals surface area contributed by atoms with E-state index < -0.39 is 5.97 Å². The highest BCUT2D eigenvalue weighted by Gasteiger charge is 2.33. The lowest BCUT2D eigenvalue weighted by Crippen LogP contribution is -2.21. The van der Waals surface area contributed by atoms with Gasteiger partial charge in [0.2, 0.25) is 5.91 Å². The van der Waals surface area contributed by atoms with E-state index in [-0.39, 0.29) is 23.8 Å². The SMILES string of the molecule is CCC(C)Oc1ccc(NC(=O)[C@@H]2CC[C@H](C(=O)O)C2)cc1. The molecule has 120 valence electrons. The zero-order valence-electron chi connectivity index (χ0n) is 13.0. The van der Waals surface area contributed by atoms with E-state index in [2.05, 4.69) is 12.2 Å². The van der Waals surface area contributed by atoms with Crippen molar-refractivity contribution in [3.63, 3.8) is 0 Å². The van der Waals surface area contributed by atoms with Gasteiger partial charge in [-0.15, -0.1) is 0 Å². The second-order valence-electron chi connectivity index (χ2n) is 5.90. The van der Waals surface area contributed by atoms with E-state index in [4.69, 9.17) is 9.84 Å². The highest BCUT2D eigenvalue weighted by atomic mass is 16.5. The maximum absolute atomic E-state index is 12.2. The van der Waals surface area contributed by atoms with Crippen molar-refractivity contribution in [1.82, 2.24) is 0 Å². The molecule has 1 fully saturated rings. The first-order chi connectivity index (χ1) is 10.5. The molecule has 0 saturated heterocycles. The largest absolute Gasteiger partial charge is 0.491 e. The Kier molecular flexibility index (Phi) is 5.41. The van der Waals surface area contributed by atoms with Crippen LogP contribution in [0.4, 0.5) is 5.69 Å². The van der Waals surface area contributed by atoms with E-state index in [1.54, 1.807) is 12.1 Å². The van der Waals surface area contributed by atoms with E-state index >= 15 is 0 Å². The van der Waals surface area contributed by atoms with Gasteiger partial charge < -0.3 is 15.2 Å². The Bertz CT molecular complexity index is 526. The molecule has 1 aromatic carbocycles. The first-order valence-corrected chi connectivity index (χ1v) is 7.80. The molecule has 2 rings (SSSR count). The molecule has 1 aromatic rings. The number of amides is 1. The molecule has 2 N–H and O–H groups in total. The summed E-state index contributed by atoms with van der Waals surface area (Å²) in [4.78, 5) is 23.1. The first kappa shape index (κ1) is 16.3. The van der Waals surface area contributed by atoms with Crippen molar-refractivity contribution in [2.45, 2.75) is 45.6 Å². The van der Waals surface area contributed by atoms with Crippen LogP contribution in [0.2, 0.25) is 0 Å². The van der Waals surface area contributed by atoms with Gasteiger partial charge in [-0.25, -0.2) is 0 Å². The quantitative estimate of drug-likeness (QED) is 0.845. The van der Waals surface area contributed by atoms with Crippen LogP contribution in [0.3, 0.4) is 0 Å². The van der Waals surface area contributed by atoms with E-state index in [0.29, 0.717) is 24.9 Å². The van der Waals surface area contributed by atoms with Crippen molar-refractivity contribution in [3.8, 4) is 5.75 Å². The Morgan fingerprint density at radius 1 is 1.27 bits per heavy atom. The van der Waals surface area contributed by atoms with Gasteiger partial charge in [0.1, 0.15) is 5.75 Å². The Hall–Kier alpha value is -2.04. The molecule has 3 atom stereocenters. The summed E-state index contributed by atoms with van der Waals surface area (Å²) in [6, 6.07) is 7.27. The standard InChI is InChI=1S/C17H23NO4/c1-3-11(2)22-15-8-6-14(7-9-15)18-16(19)12-4-5-13(10-12)17(20)21/h6-9,11-13H,3-5,10H2,1-2H3,(H,18,19)(H,20,21)/t11?,12-,13+/m1/s1. The number of benzene rings is 1. The molecular formula is C17H23NO4. The Balaban J connectivity index is 1.88. The number of nitrogens with one attached hydrogen (secondary N) is 1. The Labute approximate surface area is 130 Å². The average Bonchev–Trinajstić information content (AvgIpc) is 2.99. The summed E-state index contributed by atoms with van der Waals surface area (Å²) >= 11 is 0. The van der Waals surface area contributed by atoms with E-state index in [0.717, 1.165) is 12.2 Å². The van der Waals surface area contributed by atoms with Crippen LogP contribution in [0, 0.1) is 11.8 Å². The molecular weight excluding hydrogens is 282 g/mol. The molecule has 0 heterocycles. The van der Waals surface area contributed by atoms with Gasteiger partial charge in [-0.1, -0.05) is 6.92 Å². The lowest BCUT2D eigenvalue weighted by atomic mass is 10.0. The minimum absolute atomic E-state index is 0.0978. The van der Waals surface area contributed by atoms with Gasteiger partial charge in [-0.3, -0.25) is 9.59 Å². The van der Waals surface area contributed by atoms with Crippen LogP contribution in [0.1, 0.15) is 39.5 Å². The zero-order chi connectivity index (χ0) is 16.1. The summed E-state index contributed by atoms with van der Waals surface area (Å²) < 4.78 is 5.69. The van der Waals surface area contributed by atoms with Gasteiger partial charge in [0, 0.05) is 11.6 Å². The van der Waals surface area contributed by atoms with E-state index in [1.165, 1.54) is 0 Å². The summed E-state index contributed by atoms with van der Waals surface area (Å²) in [6.07, 6.45) is 2.74. The number of carbonyl (C=O) groups is 2. The van der Waals surface area contributed by atoms with Crippen molar-refractivity contribution in [2.24, 2.45) is 11.8 Å². The average molecular weight is 305 g/mol. The van der Waals surface area contributed by atoms with Gasteiger partial charge in [-0.2, -0.15) is 0 Å². The number of anilines is 1. The minimum Gasteiger partial charge on any atom is -0.491 e. The van der Waals surface area contributed by atoms with Gasteiger partial charge in [0.05, 0.1) is 12.0 Å². The van der Waals surface area contributed by atoms with Gasteiger partial charge in [-0.05, 0) is 56.9 Å². The molecule has 1 saturated carbocycles. The fourth-order valence-corrected chi connectivity index (χ4v) is 2.62. The number of hydrogen-bond donors (Lipinski definition) is 2. The summed E-state index contributed by atoms with van der Waals surface area (Å²) in [6.45, 7) is 4.07. The molecule has 22 heavy (non-hydrogen) atoms.